The van der Waals surface area contributed by atoms with Crippen LogP contribution in [0.4, 0.5) is 0 Å². The molecule has 0 spiro atoms. The zero-order valence-corrected chi connectivity index (χ0v) is 33.2. The van der Waals surface area contributed by atoms with Crippen LogP contribution < -0.4 is 15.4 Å². The molecule has 5 N–H and O–H groups in total. The standard InChI is InChI=1S/C25H38N2O3.C8H18N2O.C4H10.C4H8/c1-8-12-21(26)17(6)18(7)25(29)27-24(16(5)9-2)20-15-19(22(28)10-3)13-14-23(20)30-11-4;1-10-6-8(7-10)9-4-2-3-5-11;2*1-3-4-2/h13-15,22,26,28H,8-12H2,1-7H3,(H,27,29);8-9,11H,2-7H2,1H3;3-4H2,1-2H3;3H,1,4H2,2H3/b18-17+,24-16?,26-21?;;;. The summed E-state index contributed by atoms with van der Waals surface area (Å²) in [7, 11) is 2.13. The first kappa shape index (κ1) is 48.3. The number of allylic oxidation sites excluding steroid dienone is 3. The third-order valence-electron chi connectivity index (χ3n) is 8.27. The highest BCUT2D eigenvalue weighted by Crippen LogP contribution is 2.32. The van der Waals surface area contributed by atoms with Gasteiger partial charge in [-0.1, -0.05) is 72.9 Å². The zero-order valence-electron chi connectivity index (χ0n) is 33.2. The molecule has 1 aliphatic heterocycles. The lowest BCUT2D eigenvalue weighted by atomic mass is 9.98. The number of benzene rings is 1. The van der Waals surface area contributed by atoms with Crippen LogP contribution in [0.3, 0.4) is 0 Å². The average Bonchev–Trinajstić information content (AvgIpc) is 3.10. The van der Waals surface area contributed by atoms with Gasteiger partial charge in [0.05, 0.1) is 18.4 Å². The molecule has 2 rings (SSSR count). The van der Waals surface area contributed by atoms with Crippen molar-refractivity contribution in [2.75, 3.05) is 39.9 Å². The first-order valence-corrected chi connectivity index (χ1v) is 18.7. The van der Waals surface area contributed by atoms with Crippen LogP contribution in [0.25, 0.3) is 5.70 Å². The molecule has 0 aliphatic carbocycles. The van der Waals surface area contributed by atoms with Gasteiger partial charge < -0.3 is 35.9 Å². The lowest BCUT2D eigenvalue weighted by Gasteiger charge is -2.36. The molecular formula is C41H74N4O4. The van der Waals surface area contributed by atoms with Crippen molar-refractivity contribution in [1.29, 1.82) is 5.41 Å². The Labute approximate surface area is 301 Å². The second-order valence-corrected chi connectivity index (χ2v) is 12.6. The maximum atomic E-state index is 13.1. The number of hydrogen-bond acceptors (Lipinski definition) is 7. The third-order valence-corrected chi connectivity index (χ3v) is 8.27. The van der Waals surface area contributed by atoms with Crippen molar-refractivity contribution < 1.29 is 19.7 Å². The van der Waals surface area contributed by atoms with Gasteiger partial charge in [0.2, 0.25) is 0 Å². The first-order valence-electron chi connectivity index (χ1n) is 18.7. The van der Waals surface area contributed by atoms with Gasteiger partial charge in [0.1, 0.15) is 5.75 Å². The highest BCUT2D eigenvalue weighted by atomic mass is 16.5. The van der Waals surface area contributed by atoms with E-state index in [1.54, 1.807) is 6.92 Å². The molecule has 1 amide bonds. The number of carbonyl (C=O) groups is 1. The molecule has 1 aromatic carbocycles. The van der Waals surface area contributed by atoms with E-state index in [-0.39, 0.29) is 5.91 Å². The molecule has 1 aliphatic rings. The fraction of sp³-hybridized carbons (Fsp3) is 0.659. The zero-order chi connectivity index (χ0) is 37.8. The fourth-order valence-corrected chi connectivity index (χ4v) is 4.46. The van der Waals surface area contributed by atoms with Crippen molar-refractivity contribution in [3.8, 4) is 5.75 Å². The molecule has 1 saturated heterocycles. The Hall–Kier alpha value is -2.78. The Morgan fingerprint density at radius 3 is 2.10 bits per heavy atom. The van der Waals surface area contributed by atoms with Crippen molar-refractivity contribution in [2.24, 2.45) is 0 Å². The van der Waals surface area contributed by atoms with Crippen molar-refractivity contribution in [1.82, 2.24) is 15.5 Å². The number of carbonyl (C=O) groups excluding carboxylic acids is 1. The number of unbranched alkanes of at least 4 members (excludes halogenated alkanes) is 2. The van der Waals surface area contributed by atoms with Crippen LogP contribution in [0, 0.1) is 5.41 Å². The van der Waals surface area contributed by atoms with Gasteiger partial charge in [0, 0.05) is 42.6 Å². The summed E-state index contributed by atoms with van der Waals surface area (Å²) < 4.78 is 5.83. The van der Waals surface area contributed by atoms with Gasteiger partial charge in [-0.05, 0) is 109 Å². The van der Waals surface area contributed by atoms with Crippen molar-refractivity contribution in [3.05, 3.63) is 58.7 Å². The lowest BCUT2D eigenvalue weighted by Crippen LogP contribution is -2.56. The summed E-state index contributed by atoms with van der Waals surface area (Å²) in [5.74, 6) is 0.449. The van der Waals surface area contributed by atoms with Crippen molar-refractivity contribution in [2.45, 2.75) is 139 Å². The topological polar surface area (TPSA) is 118 Å². The average molecular weight is 687 g/mol. The first-order chi connectivity index (χ1) is 23.4. The molecule has 0 radical (unpaired) electrons. The molecule has 49 heavy (non-hydrogen) atoms. The quantitative estimate of drug-likeness (QED) is 0.0455. The van der Waals surface area contributed by atoms with E-state index in [4.69, 9.17) is 15.3 Å². The number of ether oxygens (including phenoxy) is 1. The van der Waals surface area contributed by atoms with E-state index in [9.17, 15) is 9.90 Å². The minimum atomic E-state index is -0.572. The summed E-state index contributed by atoms with van der Waals surface area (Å²) in [6.07, 6.45) is 9.93. The number of aliphatic hydroxyl groups excluding tert-OH is 2. The Morgan fingerprint density at radius 1 is 1.04 bits per heavy atom. The van der Waals surface area contributed by atoms with E-state index in [2.05, 4.69) is 49.9 Å². The minimum absolute atomic E-state index is 0.222. The molecule has 8 heteroatoms. The number of rotatable bonds is 18. The van der Waals surface area contributed by atoms with E-state index >= 15 is 0 Å². The van der Waals surface area contributed by atoms with Crippen molar-refractivity contribution in [3.63, 3.8) is 0 Å². The smallest absolute Gasteiger partial charge is 0.251 e. The maximum absolute atomic E-state index is 13.1. The van der Waals surface area contributed by atoms with Gasteiger partial charge >= 0.3 is 0 Å². The third kappa shape index (κ3) is 20.5. The molecule has 0 aromatic heterocycles. The molecule has 0 saturated carbocycles. The molecule has 1 fully saturated rings. The van der Waals surface area contributed by atoms with Gasteiger partial charge in [-0.15, -0.1) is 6.58 Å². The Morgan fingerprint density at radius 2 is 1.65 bits per heavy atom. The number of nitrogens with one attached hydrogen (secondary N) is 3. The summed E-state index contributed by atoms with van der Waals surface area (Å²) in [5, 5.41) is 33.5. The number of hydrogen-bond donors (Lipinski definition) is 5. The molecule has 1 atom stereocenters. The molecule has 8 nitrogen and oxygen atoms in total. The molecule has 1 heterocycles. The number of amides is 1. The SMILES string of the molecule is C=CCC.CCCC.CCCC(=N)/C(C)=C(\C)C(=O)NC(=C(C)CC)c1cc(C(O)CC)ccc1OCC.CN1CC(NCCCCO)C1. The van der Waals surface area contributed by atoms with Gasteiger partial charge in [0.25, 0.3) is 5.91 Å². The number of nitrogens with zero attached hydrogens (tertiary/aromatic N) is 1. The summed E-state index contributed by atoms with van der Waals surface area (Å²) in [4.78, 5) is 15.3. The van der Waals surface area contributed by atoms with Gasteiger partial charge in [-0.2, -0.15) is 0 Å². The fourth-order valence-electron chi connectivity index (χ4n) is 4.46. The largest absolute Gasteiger partial charge is 0.493 e. The van der Waals surface area contributed by atoms with Crippen LogP contribution >= 0.6 is 0 Å². The molecule has 282 valence electrons. The van der Waals surface area contributed by atoms with E-state index in [0.717, 1.165) is 55.3 Å². The maximum Gasteiger partial charge on any atom is 0.251 e. The second kappa shape index (κ2) is 30.1. The molecule has 1 unspecified atom stereocenters. The van der Waals surface area contributed by atoms with Gasteiger partial charge in [0.15, 0.2) is 0 Å². The predicted octanol–water partition coefficient (Wildman–Crippen LogP) is 8.99. The monoisotopic (exact) mass is 687 g/mol. The van der Waals surface area contributed by atoms with E-state index < -0.39 is 6.10 Å². The number of likely N-dealkylation sites (N-methyl/N-ethyl adjacent to an activating group) is 1. The van der Waals surface area contributed by atoms with E-state index in [1.807, 2.05) is 65.8 Å². The summed E-state index contributed by atoms with van der Waals surface area (Å²) in [5.41, 5.74) is 5.02. The highest BCUT2D eigenvalue weighted by molar-refractivity contribution is 6.08. The van der Waals surface area contributed by atoms with Gasteiger partial charge in [-0.25, -0.2) is 0 Å². The summed E-state index contributed by atoms with van der Waals surface area (Å²) >= 11 is 0. The molecular weight excluding hydrogens is 612 g/mol. The predicted molar refractivity (Wildman–Crippen MR) is 212 cm³/mol. The number of likely N-dealkylation sites (tertiary alicyclic amines) is 1. The van der Waals surface area contributed by atoms with Crippen LogP contribution in [0.5, 0.6) is 5.75 Å². The second-order valence-electron chi connectivity index (χ2n) is 12.6. The Kier molecular flexibility index (Phi) is 29.7. The lowest BCUT2D eigenvalue weighted by molar-refractivity contribution is -0.116. The minimum Gasteiger partial charge on any atom is -0.493 e. The van der Waals surface area contributed by atoms with Crippen LogP contribution in [-0.4, -0.2) is 72.7 Å². The number of aliphatic hydroxyl groups is 2. The normalized spacial score (nSPS) is 14.1. The van der Waals surface area contributed by atoms with E-state index in [0.29, 0.717) is 60.4 Å². The Bertz CT molecular complexity index is 1120. The van der Waals surface area contributed by atoms with Crippen LogP contribution in [0.2, 0.25) is 0 Å². The molecule has 0 bridgehead atoms. The van der Waals surface area contributed by atoms with Crippen LogP contribution in [0.1, 0.15) is 144 Å². The van der Waals surface area contributed by atoms with Crippen molar-refractivity contribution >= 4 is 17.3 Å². The highest BCUT2D eigenvalue weighted by Gasteiger charge is 2.21. The van der Waals surface area contributed by atoms with Crippen LogP contribution in [0.15, 0.2) is 47.6 Å². The summed E-state index contributed by atoms with van der Waals surface area (Å²) in [6.45, 7) is 27.6. The Balaban J connectivity index is 0. The van der Waals surface area contributed by atoms with Gasteiger partial charge in [-0.3, -0.25) is 4.79 Å². The van der Waals surface area contributed by atoms with E-state index in [1.165, 1.54) is 25.9 Å². The summed E-state index contributed by atoms with van der Waals surface area (Å²) in [6, 6.07) is 6.33. The van der Waals surface area contributed by atoms with Crippen LogP contribution in [-0.2, 0) is 4.79 Å². The molecule has 1 aromatic rings.